The summed E-state index contributed by atoms with van der Waals surface area (Å²) in [5.74, 6) is 1.41. The van der Waals surface area contributed by atoms with Crippen LogP contribution < -0.4 is 0 Å². The second-order valence-corrected chi connectivity index (χ2v) is 5.34. The van der Waals surface area contributed by atoms with E-state index in [1.807, 2.05) is 19.1 Å². The molecule has 1 aromatic carbocycles. The molecule has 1 aliphatic rings. The molecule has 1 atom stereocenters. The molecule has 1 aliphatic carbocycles. The van der Waals surface area contributed by atoms with Crippen molar-refractivity contribution in [3.8, 4) is 0 Å². The van der Waals surface area contributed by atoms with E-state index in [0.717, 1.165) is 23.3 Å². The molecule has 20 heavy (non-hydrogen) atoms. The fourth-order valence-corrected chi connectivity index (χ4v) is 2.92. The fraction of sp³-hybridized carbons (Fsp3) is 0.444. The van der Waals surface area contributed by atoms with Crippen molar-refractivity contribution in [2.24, 2.45) is 5.92 Å². The highest BCUT2D eigenvalue weighted by atomic mass is 19.1. The maximum atomic E-state index is 13.1. The van der Waals surface area contributed by atoms with Crippen LogP contribution in [0.1, 0.15) is 45.6 Å². The molecule has 2 heteroatoms. The quantitative estimate of drug-likeness (QED) is 0.704. The van der Waals surface area contributed by atoms with Gasteiger partial charge in [0.2, 0.25) is 0 Å². The van der Waals surface area contributed by atoms with Gasteiger partial charge in [0.05, 0.1) is 6.61 Å². The number of hydrogen-bond donors (Lipinski definition) is 0. The summed E-state index contributed by atoms with van der Waals surface area (Å²) in [7, 11) is 0. The van der Waals surface area contributed by atoms with Crippen LogP contribution in [0.4, 0.5) is 4.39 Å². The van der Waals surface area contributed by atoms with E-state index >= 15 is 0 Å². The van der Waals surface area contributed by atoms with E-state index in [-0.39, 0.29) is 5.82 Å². The maximum absolute atomic E-state index is 13.1. The summed E-state index contributed by atoms with van der Waals surface area (Å²) in [6.45, 7) is 7.02. The molecular weight excluding hydrogens is 251 g/mol. The lowest BCUT2D eigenvalue weighted by molar-refractivity contribution is 0.210. The Bertz CT molecular complexity index is 511. The van der Waals surface area contributed by atoms with E-state index in [9.17, 15) is 4.39 Å². The van der Waals surface area contributed by atoms with Gasteiger partial charge in [0.1, 0.15) is 11.6 Å². The van der Waals surface area contributed by atoms with Gasteiger partial charge in [-0.15, -0.1) is 0 Å². The van der Waals surface area contributed by atoms with Crippen LogP contribution in [-0.4, -0.2) is 6.61 Å². The molecule has 0 saturated heterocycles. The minimum Gasteiger partial charge on any atom is -0.498 e. The summed E-state index contributed by atoms with van der Waals surface area (Å²) in [5.41, 5.74) is 3.42. The second-order valence-electron chi connectivity index (χ2n) is 5.34. The van der Waals surface area contributed by atoms with Crippen molar-refractivity contribution in [1.29, 1.82) is 0 Å². The van der Waals surface area contributed by atoms with Crippen LogP contribution in [0.3, 0.4) is 0 Å². The Kier molecular flexibility index (Phi) is 4.99. The zero-order valence-electron chi connectivity index (χ0n) is 12.6. The summed E-state index contributed by atoms with van der Waals surface area (Å²) in [5, 5.41) is 0. The van der Waals surface area contributed by atoms with E-state index in [2.05, 4.69) is 19.9 Å². The average molecular weight is 274 g/mol. The fourth-order valence-electron chi connectivity index (χ4n) is 2.92. The molecule has 0 amide bonds. The lowest BCUT2D eigenvalue weighted by Gasteiger charge is -2.25. The van der Waals surface area contributed by atoms with Crippen molar-refractivity contribution in [2.75, 3.05) is 6.61 Å². The van der Waals surface area contributed by atoms with Gasteiger partial charge in [-0.3, -0.25) is 0 Å². The Morgan fingerprint density at radius 1 is 1.20 bits per heavy atom. The van der Waals surface area contributed by atoms with Crippen molar-refractivity contribution in [1.82, 2.24) is 0 Å². The largest absolute Gasteiger partial charge is 0.498 e. The Morgan fingerprint density at radius 2 is 1.90 bits per heavy atom. The molecule has 0 radical (unpaired) electrons. The Labute approximate surface area is 121 Å². The topological polar surface area (TPSA) is 9.23 Å². The highest BCUT2D eigenvalue weighted by Crippen LogP contribution is 2.37. The molecule has 1 aromatic rings. The van der Waals surface area contributed by atoms with E-state index < -0.39 is 0 Å². The van der Waals surface area contributed by atoms with E-state index in [1.165, 1.54) is 30.5 Å². The Balaban J connectivity index is 2.37. The zero-order chi connectivity index (χ0) is 14.5. The molecule has 1 unspecified atom stereocenters. The number of benzene rings is 1. The van der Waals surface area contributed by atoms with Gasteiger partial charge in [-0.05, 0) is 49.5 Å². The summed E-state index contributed by atoms with van der Waals surface area (Å²) >= 11 is 0. The maximum Gasteiger partial charge on any atom is 0.123 e. The van der Waals surface area contributed by atoms with Gasteiger partial charge in [-0.1, -0.05) is 31.6 Å². The van der Waals surface area contributed by atoms with Crippen molar-refractivity contribution >= 4 is 5.57 Å². The minimum atomic E-state index is -0.200. The number of halogens is 1. The molecule has 0 saturated carbocycles. The van der Waals surface area contributed by atoms with Crippen molar-refractivity contribution in [3.05, 3.63) is 53.1 Å². The summed E-state index contributed by atoms with van der Waals surface area (Å²) in [4.78, 5) is 0. The predicted molar refractivity (Wildman–Crippen MR) is 81.7 cm³/mol. The van der Waals surface area contributed by atoms with Crippen LogP contribution in [0.15, 0.2) is 41.7 Å². The third kappa shape index (κ3) is 3.30. The average Bonchev–Trinajstić information content (AvgIpc) is 2.41. The van der Waals surface area contributed by atoms with Crippen LogP contribution in [0.2, 0.25) is 0 Å². The van der Waals surface area contributed by atoms with Crippen LogP contribution >= 0.6 is 0 Å². The lowest BCUT2D eigenvalue weighted by Crippen LogP contribution is -2.10. The summed E-state index contributed by atoms with van der Waals surface area (Å²) in [6, 6.07) is 6.69. The lowest BCUT2D eigenvalue weighted by atomic mass is 9.84. The van der Waals surface area contributed by atoms with Crippen molar-refractivity contribution in [2.45, 2.75) is 40.0 Å². The third-order valence-electron chi connectivity index (χ3n) is 3.72. The van der Waals surface area contributed by atoms with Gasteiger partial charge in [-0.25, -0.2) is 4.39 Å². The number of allylic oxidation sites excluding steroid dienone is 4. The van der Waals surface area contributed by atoms with Gasteiger partial charge >= 0.3 is 0 Å². The van der Waals surface area contributed by atoms with Crippen molar-refractivity contribution in [3.63, 3.8) is 0 Å². The normalized spacial score (nSPS) is 19.0. The Hall–Kier alpha value is -1.57. The first-order valence-electron chi connectivity index (χ1n) is 7.46. The molecule has 0 heterocycles. The highest BCUT2D eigenvalue weighted by molar-refractivity contribution is 5.81. The summed E-state index contributed by atoms with van der Waals surface area (Å²) < 4.78 is 19.0. The van der Waals surface area contributed by atoms with E-state index in [1.54, 1.807) is 0 Å². The van der Waals surface area contributed by atoms with Gasteiger partial charge < -0.3 is 4.74 Å². The highest BCUT2D eigenvalue weighted by Gasteiger charge is 2.22. The molecule has 0 aromatic heterocycles. The molecule has 0 N–H and O–H groups in total. The molecule has 108 valence electrons. The van der Waals surface area contributed by atoms with E-state index in [0.29, 0.717) is 12.5 Å². The smallest absolute Gasteiger partial charge is 0.123 e. The molecule has 0 spiro atoms. The first-order valence-corrected chi connectivity index (χ1v) is 7.46. The Morgan fingerprint density at radius 3 is 2.50 bits per heavy atom. The first kappa shape index (κ1) is 14.8. The first-order chi connectivity index (χ1) is 9.65. The molecule has 0 aliphatic heterocycles. The minimum absolute atomic E-state index is 0.200. The van der Waals surface area contributed by atoms with Gasteiger partial charge in [0.25, 0.3) is 0 Å². The monoisotopic (exact) mass is 274 g/mol. The third-order valence-corrected chi connectivity index (χ3v) is 3.72. The van der Waals surface area contributed by atoms with Crippen LogP contribution in [-0.2, 0) is 4.74 Å². The summed E-state index contributed by atoms with van der Waals surface area (Å²) in [6.07, 6.45) is 5.65. The van der Waals surface area contributed by atoms with E-state index in [4.69, 9.17) is 4.74 Å². The molecular formula is C18H23FO. The van der Waals surface area contributed by atoms with Crippen LogP contribution in [0.25, 0.3) is 5.57 Å². The molecule has 2 rings (SSSR count). The van der Waals surface area contributed by atoms with Crippen molar-refractivity contribution < 1.29 is 9.13 Å². The van der Waals surface area contributed by atoms with Gasteiger partial charge in [0, 0.05) is 12.0 Å². The molecule has 1 nitrogen and oxygen atoms in total. The number of ether oxygens (including phenoxy) is 1. The van der Waals surface area contributed by atoms with Crippen LogP contribution in [0, 0.1) is 11.7 Å². The zero-order valence-corrected chi connectivity index (χ0v) is 12.6. The standard InChI is InChI=1S/C18H23FO/c1-4-6-14-11-13(3)18(17(12-14)20-5-2)15-7-9-16(19)10-8-15/h7-11,14H,4-6,12H2,1-3H3. The number of hydrogen-bond acceptors (Lipinski definition) is 1. The van der Waals surface area contributed by atoms with Crippen LogP contribution in [0.5, 0.6) is 0 Å². The SMILES string of the molecule is CCCC1C=C(C)C(c2ccc(F)cc2)=C(OCC)C1. The second kappa shape index (κ2) is 6.74. The number of rotatable bonds is 5. The molecule has 0 fully saturated rings. The van der Waals surface area contributed by atoms with Gasteiger partial charge in [0.15, 0.2) is 0 Å². The molecule has 0 bridgehead atoms. The predicted octanol–water partition coefficient (Wildman–Crippen LogP) is 5.34. The van der Waals surface area contributed by atoms with Gasteiger partial charge in [-0.2, -0.15) is 0 Å².